The van der Waals surface area contributed by atoms with Gasteiger partial charge in [-0.2, -0.15) is 0 Å². The molecule has 0 aliphatic carbocycles. The van der Waals surface area contributed by atoms with Gasteiger partial charge in [0.05, 0.1) is 10.2 Å². The normalized spacial score (nSPS) is 11.3. The Hall–Kier alpha value is -3.42. The second-order valence-electron chi connectivity index (χ2n) is 7.80. The van der Waals surface area contributed by atoms with E-state index < -0.39 is 17.4 Å². The molecule has 0 fully saturated rings. The number of carboxylic acids is 1. The number of aromatic nitrogens is 1. The van der Waals surface area contributed by atoms with Crippen molar-refractivity contribution in [2.24, 2.45) is 0 Å². The van der Waals surface area contributed by atoms with Crippen LogP contribution in [0.3, 0.4) is 0 Å². The van der Waals surface area contributed by atoms with E-state index in [1.54, 1.807) is 12.1 Å². The molecule has 1 heterocycles. The van der Waals surface area contributed by atoms with Crippen molar-refractivity contribution in [3.8, 4) is 11.1 Å². The van der Waals surface area contributed by atoms with E-state index >= 15 is 0 Å². The summed E-state index contributed by atoms with van der Waals surface area (Å²) in [7, 11) is 0. The van der Waals surface area contributed by atoms with Gasteiger partial charge >= 0.3 is 5.97 Å². The largest absolute Gasteiger partial charge is 0.480 e. The third-order valence-electron chi connectivity index (χ3n) is 4.93. The molecule has 0 aliphatic heterocycles. The van der Waals surface area contributed by atoms with Crippen LogP contribution in [-0.4, -0.2) is 27.5 Å². The lowest BCUT2D eigenvalue weighted by Gasteiger charge is -2.21. The van der Waals surface area contributed by atoms with E-state index in [0.29, 0.717) is 10.6 Å². The minimum atomic E-state index is -1.34. The van der Waals surface area contributed by atoms with Gasteiger partial charge in [-0.1, -0.05) is 47.2 Å². The first kappa shape index (κ1) is 21.8. The molecule has 1 amide bonds. The third kappa shape index (κ3) is 4.74. The van der Waals surface area contributed by atoms with Crippen LogP contribution in [0.4, 0.5) is 10.8 Å². The summed E-state index contributed by atoms with van der Waals surface area (Å²) in [6.45, 7) is 2.89. The van der Waals surface area contributed by atoms with Crippen LogP contribution in [-0.2, 0) is 4.79 Å². The molecule has 0 saturated carbocycles. The summed E-state index contributed by atoms with van der Waals surface area (Å²) in [5, 5.41) is 16.5. The number of carboxylic acid groups (broad SMARTS) is 1. The highest BCUT2D eigenvalue weighted by Crippen LogP contribution is 2.31. The van der Waals surface area contributed by atoms with Crippen LogP contribution in [0, 0.1) is 0 Å². The zero-order chi connectivity index (χ0) is 22.9. The van der Waals surface area contributed by atoms with Crippen LogP contribution in [0.25, 0.3) is 21.3 Å². The number of carbonyl (C=O) groups excluding carboxylic acids is 1. The van der Waals surface area contributed by atoms with Gasteiger partial charge in [-0.25, -0.2) is 9.78 Å². The molecule has 162 valence electrons. The minimum Gasteiger partial charge on any atom is -0.480 e. The number of halogens is 1. The predicted octanol–water partition coefficient (Wildman–Crippen LogP) is 5.95. The number of aliphatic carboxylic acids is 1. The molecule has 0 unspecified atom stereocenters. The Balaban J connectivity index is 1.45. The lowest BCUT2D eigenvalue weighted by molar-refractivity contribution is -0.143. The van der Waals surface area contributed by atoms with E-state index in [9.17, 15) is 9.59 Å². The Labute approximate surface area is 193 Å². The number of carbonyl (C=O) groups is 2. The highest BCUT2D eigenvalue weighted by Gasteiger charge is 2.29. The molecule has 0 spiro atoms. The van der Waals surface area contributed by atoms with Gasteiger partial charge in [0.25, 0.3) is 5.91 Å². The second kappa shape index (κ2) is 8.61. The van der Waals surface area contributed by atoms with Crippen molar-refractivity contribution in [1.82, 2.24) is 10.3 Å². The fourth-order valence-corrected chi connectivity index (χ4v) is 4.21. The van der Waals surface area contributed by atoms with Gasteiger partial charge in [-0.15, -0.1) is 0 Å². The van der Waals surface area contributed by atoms with Gasteiger partial charge < -0.3 is 15.7 Å². The number of nitrogens with one attached hydrogen (secondary N) is 2. The molecule has 3 aromatic carbocycles. The molecule has 0 radical (unpaired) electrons. The first-order chi connectivity index (χ1) is 15.2. The van der Waals surface area contributed by atoms with Crippen LogP contribution in [0.5, 0.6) is 0 Å². The van der Waals surface area contributed by atoms with Gasteiger partial charge in [0, 0.05) is 16.3 Å². The number of rotatable bonds is 6. The minimum absolute atomic E-state index is 0.400. The highest BCUT2D eigenvalue weighted by molar-refractivity contribution is 7.22. The van der Waals surface area contributed by atoms with Crippen molar-refractivity contribution in [2.45, 2.75) is 19.4 Å². The van der Waals surface area contributed by atoms with Crippen LogP contribution in [0.15, 0.2) is 66.7 Å². The van der Waals surface area contributed by atoms with Crippen molar-refractivity contribution in [3.63, 3.8) is 0 Å². The molecule has 0 bridgehead atoms. The van der Waals surface area contributed by atoms with Crippen molar-refractivity contribution in [1.29, 1.82) is 0 Å². The zero-order valence-corrected chi connectivity index (χ0v) is 18.9. The summed E-state index contributed by atoms with van der Waals surface area (Å²) in [6, 6.07) is 20.5. The SMILES string of the molecule is CC(C)(NC(=O)c1ccc(-c2ccc(Nc3nc4ccc(Cl)cc4s3)cc2)cc1)C(=O)O. The molecule has 0 atom stereocenters. The van der Waals surface area contributed by atoms with Gasteiger partial charge in [0.2, 0.25) is 0 Å². The first-order valence-corrected chi connectivity index (χ1v) is 11.0. The average Bonchev–Trinajstić information content (AvgIpc) is 3.15. The lowest BCUT2D eigenvalue weighted by Crippen LogP contribution is -2.49. The summed E-state index contributed by atoms with van der Waals surface area (Å²) >= 11 is 7.58. The number of fused-ring (bicyclic) bond motifs is 1. The molecule has 3 N–H and O–H groups in total. The average molecular weight is 466 g/mol. The van der Waals surface area contributed by atoms with Gasteiger partial charge in [-0.3, -0.25) is 4.79 Å². The second-order valence-corrected chi connectivity index (χ2v) is 9.26. The third-order valence-corrected chi connectivity index (χ3v) is 6.10. The summed E-state index contributed by atoms with van der Waals surface area (Å²) < 4.78 is 1.02. The van der Waals surface area contributed by atoms with Gasteiger partial charge in [0.15, 0.2) is 5.13 Å². The Morgan fingerprint density at radius 2 is 1.59 bits per heavy atom. The van der Waals surface area contributed by atoms with Crippen molar-refractivity contribution < 1.29 is 14.7 Å². The molecule has 32 heavy (non-hydrogen) atoms. The van der Waals surface area contributed by atoms with Crippen LogP contribution in [0.2, 0.25) is 5.02 Å². The fourth-order valence-electron chi connectivity index (χ4n) is 3.04. The summed E-state index contributed by atoms with van der Waals surface area (Å²) in [5.41, 5.74) is 2.80. The van der Waals surface area contributed by atoms with E-state index in [0.717, 1.165) is 32.2 Å². The molecule has 1 aromatic heterocycles. The highest BCUT2D eigenvalue weighted by atomic mass is 35.5. The van der Waals surface area contributed by atoms with Crippen LogP contribution >= 0.6 is 22.9 Å². The molecule has 8 heteroatoms. The number of thiazole rings is 1. The molecule has 4 rings (SSSR count). The number of benzene rings is 3. The van der Waals surface area contributed by atoms with E-state index in [2.05, 4.69) is 15.6 Å². The van der Waals surface area contributed by atoms with Crippen molar-refractivity contribution >= 4 is 55.8 Å². The Bertz CT molecular complexity index is 1300. The summed E-state index contributed by atoms with van der Waals surface area (Å²) in [5.74, 6) is -1.52. The maximum atomic E-state index is 12.3. The molecule has 6 nitrogen and oxygen atoms in total. The van der Waals surface area contributed by atoms with E-state index in [4.69, 9.17) is 16.7 Å². The molecule has 4 aromatic rings. The van der Waals surface area contributed by atoms with E-state index in [1.807, 2.05) is 54.6 Å². The van der Waals surface area contributed by atoms with Crippen molar-refractivity contribution in [3.05, 3.63) is 77.3 Å². The molecular formula is C24H20ClN3O3S. The maximum Gasteiger partial charge on any atom is 0.328 e. The van der Waals surface area contributed by atoms with E-state index in [1.165, 1.54) is 25.2 Å². The van der Waals surface area contributed by atoms with Gasteiger partial charge in [0.1, 0.15) is 5.54 Å². The smallest absolute Gasteiger partial charge is 0.328 e. The molecular weight excluding hydrogens is 446 g/mol. The Morgan fingerprint density at radius 1 is 0.969 bits per heavy atom. The lowest BCUT2D eigenvalue weighted by atomic mass is 10.0. The molecule has 0 aliphatic rings. The zero-order valence-electron chi connectivity index (χ0n) is 17.3. The monoisotopic (exact) mass is 465 g/mol. The predicted molar refractivity (Wildman–Crippen MR) is 129 cm³/mol. The number of hydrogen-bond acceptors (Lipinski definition) is 5. The maximum absolute atomic E-state index is 12.3. The summed E-state index contributed by atoms with van der Waals surface area (Å²) in [6.07, 6.45) is 0. The molecule has 0 saturated heterocycles. The quantitative estimate of drug-likeness (QED) is 0.327. The topological polar surface area (TPSA) is 91.3 Å². The van der Waals surface area contributed by atoms with Crippen LogP contribution in [0.1, 0.15) is 24.2 Å². The first-order valence-electron chi connectivity index (χ1n) is 9.81. The number of anilines is 2. The standard InChI is InChI=1S/C24H20ClN3O3S/c1-24(2,22(30)31)28-21(29)16-5-3-14(4-6-16)15-7-10-18(11-8-15)26-23-27-19-12-9-17(25)13-20(19)32-23/h3-13H,1-2H3,(H,26,27)(H,28,29)(H,30,31). The van der Waals surface area contributed by atoms with Crippen molar-refractivity contribution in [2.75, 3.05) is 5.32 Å². The fraction of sp³-hybridized carbons (Fsp3) is 0.125. The number of nitrogens with zero attached hydrogens (tertiary/aromatic N) is 1. The summed E-state index contributed by atoms with van der Waals surface area (Å²) in [4.78, 5) is 28.1. The Morgan fingerprint density at radius 3 is 2.22 bits per heavy atom. The van der Waals surface area contributed by atoms with E-state index in [-0.39, 0.29) is 0 Å². The van der Waals surface area contributed by atoms with Gasteiger partial charge in [-0.05, 0) is 67.4 Å². The van der Waals surface area contributed by atoms with Crippen LogP contribution < -0.4 is 10.6 Å². The number of hydrogen-bond donors (Lipinski definition) is 3. The Kier molecular flexibility index (Phi) is 5.86. The number of amides is 1.